The van der Waals surface area contributed by atoms with Crippen LogP contribution in [-0.2, 0) is 0 Å². The summed E-state index contributed by atoms with van der Waals surface area (Å²) < 4.78 is 0. The number of hydrogen-bond acceptors (Lipinski definition) is 3. The zero-order valence-corrected chi connectivity index (χ0v) is 8.40. The fourth-order valence-corrected chi connectivity index (χ4v) is 1.80. The first-order valence-corrected chi connectivity index (χ1v) is 4.99. The Morgan fingerprint density at radius 2 is 2.38 bits per heavy atom. The standard InChI is InChI=1S/C10H17N3/c1-3-9-6-10-7-12(2)4-5-13(10)8-11-9/h6,8-9H,3-5,7H2,1-2H3. The van der Waals surface area contributed by atoms with E-state index in [4.69, 9.17) is 0 Å². The molecule has 0 radical (unpaired) electrons. The van der Waals surface area contributed by atoms with Gasteiger partial charge in [0.25, 0.3) is 0 Å². The van der Waals surface area contributed by atoms with Gasteiger partial charge in [-0.15, -0.1) is 0 Å². The molecule has 0 saturated carbocycles. The highest BCUT2D eigenvalue weighted by Crippen LogP contribution is 2.17. The van der Waals surface area contributed by atoms with Crippen molar-refractivity contribution in [2.45, 2.75) is 19.4 Å². The van der Waals surface area contributed by atoms with Crippen LogP contribution in [-0.4, -0.2) is 48.9 Å². The van der Waals surface area contributed by atoms with Gasteiger partial charge in [-0.25, -0.2) is 0 Å². The topological polar surface area (TPSA) is 18.8 Å². The van der Waals surface area contributed by atoms with E-state index in [0.717, 1.165) is 26.1 Å². The second-order valence-corrected chi connectivity index (χ2v) is 3.83. The van der Waals surface area contributed by atoms with Crippen LogP contribution in [0.15, 0.2) is 16.8 Å². The summed E-state index contributed by atoms with van der Waals surface area (Å²) in [5, 5.41) is 0. The van der Waals surface area contributed by atoms with Gasteiger partial charge in [0.15, 0.2) is 0 Å². The molecule has 2 aliphatic heterocycles. The van der Waals surface area contributed by atoms with Crippen molar-refractivity contribution in [3.05, 3.63) is 11.8 Å². The van der Waals surface area contributed by atoms with Crippen LogP contribution in [0.3, 0.4) is 0 Å². The van der Waals surface area contributed by atoms with E-state index in [9.17, 15) is 0 Å². The van der Waals surface area contributed by atoms with Gasteiger partial charge >= 0.3 is 0 Å². The third-order valence-electron chi connectivity index (χ3n) is 2.72. The summed E-state index contributed by atoms with van der Waals surface area (Å²) in [5.74, 6) is 0. The second kappa shape index (κ2) is 3.50. The molecule has 0 N–H and O–H groups in total. The van der Waals surface area contributed by atoms with Crippen molar-refractivity contribution >= 4 is 6.34 Å². The smallest absolute Gasteiger partial charge is 0.0899 e. The van der Waals surface area contributed by atoms with Crippen LogP contribution in [0.4, 0.5) is 0 Å². The Labute approximate surface area is 79.7 Å². The van der Waals surface area contributed by atoms with Gasteiger partial charge < -0.3 is 4.90 Å². The predicted molar refractivity (Wildman–Crippen MR) is 54.9 cm³/mol. The average Bonchev–Trinajstić information content (AvgIpc) is 2.16. The van der Waals surface area contributed by atoms with Gasteiger partial charge in [-0.3, -0.25) is 9.89 Å². The Morgan fingerprint density at radius 3 is 3.15 bits per heavy atom. The van der Waals surface area contributed by atoms with Crippen molar-refractivity contribution in [2.75, 3.05) is 26.7 Å². The molecule has 0 aromatic rings. The highest BCUT2D eigenvalue weighted by molar-refractivity contribution is 5.61. The molecule has 1 fully saturated rings. The van der Waals surface area contributed by atoms with Crippen LogP contribution >= 0.6 is 0 Å². The molecule has 72 valence electrons. The number of fused-ring (bicyclic) bond motifs is 1. The quantitative estimate of drug-likeness (QED) is 0.596. The van der Waals surface area contributed by atoms with Crippen LogP contribution in [0, 0.1) is 0 Å². The maximum Gasteiger partial charge on any atom is 0.0899 e. The normalized spacial score (nSPS) is 28.6. The third-order valence-corrected chi connectivity index (χ3v) is 2.72. The Kier molecular flexibility index (Phi) is 2.36. The average molecular weight is 179 g/mol. The molecule has 1 saturated heterocycles. The number of nitrogens with zero attached hydrogens (tertiary/aromatic N) is 3. The zero-order valence-electron chi connectivity index (χ0n) is 8.40. The molecule has 0 spiro atoms. The summed E-state index contributed by atoms with van der Waals surface area (Å²) in [6.45, 7) is 5.48. The SMILES string of the molecule is CCC1C=C2CN(C)CCN2C=N1. The first-order chi connectivity index (χ1) is 6.29. The molecule has 2 aliphatic rings. The summed E-state index contributed by atoms with van der Waals surface area (Å²) in [6, 6.07) is 0.415. The molecule has 2 rings (SSSR count). The molecule has 3 nitrogen and oxygen atoms in total. The first-order valence-electron chi connectivity index (χ1n) is 4.99. The van der Waals surface area contributed by atoms with Gasteiger partial charge in [-0.05, 0) is 19.5 Å². The summed E-state index contributed by atoms with van der Waals surface area (Å²) >= 11 is 0. The minimum atomic E-state index is 0.415. The van der Waals surface area contributed by atoms with Gasteiger partial charge in [0.2, 0.25) is 0 Å². The minimum Gasteiger partial charge on any atom is -0.334 e. The lowest BCUT2D eigenvalue weighted by Crippen LogP contribution is -2.43. The lowest BCUT2D eigenvalue weighted by atomic mass is 10.1. The Morgan fingerprint density at radius 1 is 1.54 bits per heavy atom. The summed E-state index contributed by atoms with van der Waals surface area (Å²) in [4.78, 5) is 9.09. The summed E-state index contributed by atoms with van der Waals surface area (Å²) in [7, 11) is 2.17. The second-order valence-electron chi connectivity index (χ2n) is 3.83. The maximum atomic E-state index is 4.46. The highest BCUT2D eigenvalue weighted by Gasteiger charge is 2.20. The zero-order chi connectivity index (χ0) is 9.26. The van der Waals surface area contributed by atoms with Crippen molar-refractivity contribution in [1.82, 2.24) is 9.80 Å². The van der Waals surface area contributed by atoms with E-state index in [1.54, 1.807) is 0 Å². The Balaban J connectivity index is 2.10. The van der Waals surface area contributed by atoms with E-state index in [0.29, 0.717) is 6.04 Å². The van der Waals surface area contributed by atoms with E-state index in [1.807, 2.05) is 6.34 Å². The summed E-state index contributed by atoms with van der Waals surface area (Å²) in [5.41, 5.74) is 1.43. The molecule has 2 heterocycles. The number of aliphatic imine (C=N–C) groups is 1. The van der Waals surface area contributed by atoms with E-state index < -0.39 is 0 Å². The van der Waals surface area contributed by atoms with Crippen LogP contribution in [0.5, 0.6) is 0 Å². The molecular formula is C10H17N3. The van der Waals surface area contributed by atoms with Crippen molar-refractivity contribution < 1.29 is 0 Å². The van der Waals surface area contributed by atoms with Crippen LogP contribution < -0.4 is 0 Å². The molecule has 1 atom stereocenters. The largest absolute Gasteiger partial charge is 0.334 e. The van der Waals surface area contributed by atoms with Crippen LogP contribution in [0.25, 0.3) is 0 Å². The third kappa shape index (κ3) is 1.75. The maximum absolute atomic E-state index is 4.46. The summed E-state index contributed by atoms with van der Waals surface area (Å²) in [6.07, 6.45) is 5.42. The van der Waals surface area contributed by atoms with Crippen molar-refractivity contribution in [1.29, 1.82) is 0 Å². The predicted octanol–water partition coefficient (Wildman–Crippen LogP) is 0.938. The van der Waals surface area contributed by atoms with E-state index >= 15 is 0 Å². The first kappa shape index (κ1) is 8.75. The number of hydrogen-bond donors (Lipinski definition) is 0. The van der Waals surface area contributed by atoms with Gasteiger partial charge in [0, 0.05) is 25.3 Å². The van der Waals surface area contributed by atoms with Crippen molar-refractivity contribution in [3.63, 3.8) is 0 Å². The van der Waals surface area contributed by atoms with Crippen LogP contribution in [0.1, 0.15) is 13.3 Å². The van der Waals surface area contributed by atoms with E-state index in [2.05, 4.69) is 34.8 Å². The molecule has 0 aromatic heterocycles. The molecule has 0 aromatic carbocycles. The van der Waals surface area contributed by atoms with Gasteiger partial charge in [-0.2, -0.15) is 0 Å². The van der Waals surface area contributed by atoms with Crippen LogP contribution in [0.2, 0.25) is 0 Å². The monoisotopic (exact) mass is 179 g/mol. The fraction of sp³-hybridized carbons (Fsp3) is 0.700. The lowest BCUT2D eigenvalue weighted by molar-refractivity contribution is 0.259. The fourth-order valence-electron chi connectivity index (χ4n) is 1.80. The number of rotatable bonds is 1. The molecule has 13 heavy (non-hydrogen) atoms. The van der Waals surface area contributed by atoms with E-state index in [-0.39, 0.29) is 0 Å². The molecular weight excluding hydrogens is 162 g/mol. The lowest BCUT2D eigenvalue weighted by Gasteiger charge is -2.36. The minimum absolute atomic E-state index is 0.415. The molecule has 3 heteroatoms. The molecule has 0 bridgehead atoms. The number of piperazine rings is 1. The number of likely N-dealkylation sites (N-methyl/N-ethyl adjacent to an activating group) is 1. The molecule has 0 aliphatic carbocycles. The highest BCUT2D eigenvalue weighted by atomic mass is 15.3. The van der Waals surface area contributed by atoms with Crippen molar-refractivity contribution in [3.8, 4) is 0 Å². The van der Waals surface area contributed by atoms with Gasteiger partial charge in [0.05, 0.1) is 12.4 Å². The Bertz CT molecular complexity index is 245. The molecule has 1 unspecified atom stereocenters. The van der Waals surface area contributed by atoms with Crippen molar-refractivity contribution in [2.24, 2.45) is 4.99 Å². The van der Waals surface area contributed by atoms with Gasteiger partial charge in [-0.1, -0.05) is 6.92 Å². The Hall–Kier alpha value is -0.830. The van der Waals surface area contributed by atoms with E-state index in [1.165, 1.54) is 5.70 Å². The van der Waals surface area contributed by atoms with Gasteiger partial charge in [0.1, 0.15) is 0 Å². The molecule has 0 amide bonds.